The number of likely N-dealkylation sites (tertiary alicyclic amines) is 1. The van der Waals surface area contributed by atoms with E-state index in [1.807, 2.05) is 68.4 Å². The van der Waals surface area contributed by atoms with E-state index in [1.165, 1.54) is 11.3 Å². The minimum absolute atomic E-state index is 0.0607. The van der Waals surface area contributed by atoms with Crippen molar-refractivity contribution in [3.05, 3.63) is 66.4 Å². The molecule has 0 spiro atoms. The molecule has 0 saturated carbocycles. The van der Waals surface area contributed by atoms with Crippen LogP contribution in [-0.2, 0) is 9.59 Å². The average Bonchev–Trinajstić information content (AvgIpc) is 3.31. The molecule has 4 amide bonds. The molecule has 2 aromatic carbocycles. The highest BCUT2D eigenvalue weighted by Gasteiger charge is 2.34. The molecule has 204 valence electrons. The highest BCUT2D eigenvalue weighted by Crippen LogP contribution is 2.49. The fourth-order valence-corrected chi connectivity index (χ4v) is 6.36. The summed E-state index contributed by atoms with van der Waals surface area (Å²) < 4.78 is 5.97. The Morgan fingerprint density at radius 2 is 1.95 bits per heavy atom. The zero-order valence-corrected chi connectivity index (χ0v) is 23.1. The Labute approximate surface area is 235 Å². The van der Waals surface area contributed by atoms with Crippen LogP contribution < -0.4 is 20.3 Å². The van der Waals surface area contributed by atoms with E-state index >= 15 is 0 Å². The van der Waals surface area contributed by atoms with Crippen LogP contribution >= 0.6 is 11.3 Å². The van der Waals surface area contributed by atoms with Crippen molar-refractivity contribution in [1.82, 2.24) is 9.88 Å². The Bertz CT molecular complexity index is 1620. The summed E-state index contributed by atoms with van der Waals surface area (Å²) >= 11 is 1.33. The first-order valence-corrected chi connectivity index (χ1v) is 14.2. The largest absolute Gasteiger partial charge is 0.457 e. The van der Waals surface area contributed by atoms with Crippen LogP contribution in [0.4, 0.5) is 26.9 Å². The maximum absolute atomic E-state index is 13.5. The molecule has 9 nitrogen and oxygen atoms in total. The zero-order valence-electron chi connectivity index (χ0n) is 22.3. The Balaban J connectivity index is 1.28. The molecular weight excluding hydrogens is 526 g/mol. The Morgan fingerprint density at radius 1 is 1.12 bits per heavy atom. The summed E-state index contributed by atoms with van der Waals surface area (Å²) in [4.78, 5) is 47.6. The number of aromatic nitrogens is 1. The standard InChI is InChI=1S/C30H29N5O4S/c1-3-24(36)34-15-7-8-19(17-34)27(37)33-29-26-25-23(13-14-31-28(25)40-29)35(30(38)32-26)22-12-11-21(16-18(22)2)39-20-9-5-4-6-10-20/h4-6,9-14,16,19H,3,7-8,15,17H2,1-2H3,(H,32,38)(H,33,37). The van der Waals surface area contributed by atoms with Crippen LogP contribution in [0.2, 0.25) is 0 Å². The second kappa shape index (κ2) is 10.6. The van der Waals surface area contributed by atoms with Crippen LogP contribution in [0.25, 0.3) is 10.2 Å². The van der Waals surface area contributed by atoms with Gasteiger partial charge in [-0.2, -0.15) is 0 Å². The Morgan fingerprint density at radius 3 is 2.73 bits per heavy atom. The summed E-state index contributed by atoms with van der Waals surface area (Å²) in [5.74, 6) is 1.01. The second-order valence-corrected chi connectivity index (χ2v) is 11.0. The molecule has 1 saturated heterocycles. The van der Waals surface area contributed by atoms with Gasteiger partial charge in [-0.05, 0) is 61.7 Å². The van der Waals surface area contributed by atoms with Crippen molar-refractivity contribution >= 4 is 61.5 Å². The number of hydrogen-bond acceptors (Lipinski definition) is 6. The Kier molecular flexibility index (Phi) is 6.85. The lowest BCUT2D eigenvalue weighted by Gasteiger charge is -2.32. The van der Waals surface area contributed by atoms with Crippen LogP contribution in [0, 0.1) is 12.8 Å². The lowest BCUT2D eigenvalue weighted by molar-refractivity contribution is -0.134. The highest BCUT2D eigenvalue weighted by molar-refractivity contribution is 7.23. The average molecular weight is 556 g/mol. The summed E-state index contributed by atoms with van der Waals surface area (Å²) in [6, 6.07) is 16.6. The number of pyridine rings is 1. The predicted molar refractivity (Wildman–Crippen MR) is 157 cm³/mol. The lowest BCUT2D eigenvalue weighted by atomic mass is 9.97. The van der Waals surface area contributed by atoms with Crippen LogP contribution in [-0.4, -0.2) is 40.8 Å². The molecule has 1 unspecified atom stereocenters. The second-order valence-electron chi connectivity index (χ2n) is 9.97. The molecule has 2 aliphatic heterocycles. The van der Waals surface area contributed by atoms with Crippen molar-refractivity contribution in [2.24, 2.45) is 5.92 Å². The molecule has 0 bridgehead atoms. The van der Waals surface area contributed by atoms with Crippen LogP contribution in [0.15, 0.2) is 60.8 Å². The van der Waals surface area contributed by atoms with Gasteiger partial charge in [0.1, 0.15) is 21.3 Å². The van der Waals surface area contributed by atoms with Crippen LogP contribution in [0.3, 0.4) is 0 Å². The topological polar surface area (TPSA) is 104 Å². The number of carbonyl (C=O) groups is 3. The highest BCUT2D eigenvalue weighted by atomic mass is 32.1. The predicted octanol–water partition coefficient (Wildman–Crippen LogP) is 6.67. The number of para-hydroxylation sites is 1. The molecule has 2 aromatic heterocycles. The van der Waals surface area contributed by atoms with Gasteiger partial charge in [0.15, 0.2) is 0 Å². The number of nitrogens with one attached hydrogen (secondary N) is 2. The number of amides is 4. The summed E-state index contributed by atoms with van der Waals surface area (Å²) in [5, 5.41) is 7.35. The van der Waals surface area contributed by atoms with E-state index in [0.717, 1.165) is 28.8 Å². The maximum atomic E-state index is 13.5. The first kappa shape index (κ1) is 25.8. The third-order valence-electron chi connectivity index (χ3n) is 7.32. The van der Waals surface area contributed by atoms with Crippen molar-refractivity contribution in [3.63, 3.8) is 0 Å². The van der Waals surface area contributed by atoms with E-state index < -0.39 is 0 Å². The number of rotatable bonds is 6. The number of urea groups is 1. The first-order chi connectivity index (χ1) is 19.4. The molecular formula is C30H29N5O4S. The molecule has 4 aromatic rings. The fourth-order valence-electron chi connectivity index (χ4n) is 5.33. The van der Waals surface area contributed by atoms with Crippen molar-refractivity contribution in [3.8, 4) is 11.5 Å². The van der Waals surface area contributed by atoms with Crippen molar-refractivity contribution in [1.29, 1.82) is 0 Å². The van der Waals surface area contributed by atoms with E-state index in [1.54, 1.807) is 16.0 Å². The molecule has 10 heteroatoms. The van der Waals surface area contributed by atoms with Gasteiger partial charge in [0.2, 0.25) is 11.8 Å². The molecule has 6 rings (SSSR count). The minimum atomic E-state index is -0.328. The number of hydrogen-bond donors (Lipinski definition) is 2. The number of anilines is 4. The molecule has 2 N–H and O–H groups in total. The van der Waals surface area contributed by atoms with Gasteiger partial charge < -0.3 is 20.3 Å². The molecule has 2 aliphatic rings. The number of aryl methyl sites for hydroxylation is 1. The van der Waals surface area contributed by atoms with Crippen molar-refractivity contribution < 1.29 is 19.1 Å². The first-order valence-electron chi connectivity index (χ1n) is 13.4. The number of thiophene rings is 1. The smallest absolute Gasteiger partial charge is 0.331 e. The number of ether oxygens (including phenoxy) is 1. The quantitative estimate of drug-likeness (QED) is 0.277. The zero-order chi connectivity index (χ0) is 27.8. The normalized spacial score (nSPS) is 16.6. The number of carbonyl (C=O) groups excluding carboxylic acids is 3. The van der Waals surface area contributed by atoms with Gasteiger partial charge in [-0.1, -0.05) is 36.5 Å². The maximum Gasteiger partial charge on any atom is 0.331 e. The van der Waals surface area contributed by atoms with E-state index in [4.69, 9.17) is 4.74 Å². The summed E-state index contributed by atoms with van der Waals surface area (Å²) in [6.07, 6.45) is 3.60. The minimum Gasteiger partial charge on any atom is -0.457 e. The van der Waals surface area contributed by atoms with Gasteiger partial charge in [-0.15, -0.1) is 0 Å². The third-order valence-corrected chi connectivity index (χ3v) is 8.33. The van der Waals surface area contributed by atoms with Crippen molar-refractivity contribution in [2.45, 2.75) is 33.1 Å². The van der Waals surface area contributed by atoms with Crippen LogP contribution in [0.1, 0.15) is 31.7 Å². The third kappa shape index (κ3) is 4.75. The molecule has 1 atom stereocenters. The van der Waals surface area contributed by atoms with E-state index in [2.05, 4.69) is 15.6 Å². The van der Waals surface area contributed by atoms with Crippen LogP contribution in [0.5, 0.6) is 11.5 Å². The fraction of sp³-hybridized carbons (Fsp3) is 0.267. The molecule has 0 radical (unpaired) electrons. The van der Waals surface area contributed by atoms with E-state index in [-0.39, 0.29) is 23.8 Å². The number of benzene rings is 2. The van der Waals surface area contributed by atoms with Gasteiger partial charge in [0, 0.05) is 25.7 Å². The molecule has 1 fully saturated rings. The molecule has 40 heavy (non-hydrogen) atoms. The van der Waals surface area contributed by atoms with Gasteiger partial charge >= 0.3 is 6.03 Å². The van der Waals surface area contributed by atoms with E-state index in [9.17, 15) is 14.4 Å². The monoisotopic (exact) mass is 555 g/mol. The Hall–Kier alpha value is -4.44. The van der Waals surface area contributed by atoms with Gasteiger partial charge in [-0.25, -0.2) is 9.78 Å². The summed E-state index contributed by atoms with van der Waals surface area (Å²) in [7, 11) is 0. The molecule has 0 aliphatic carbocycles. The number of piperidine rings is 1. The lowest BCUT2D eigenvalue weighted by Crippen LogP contribution is -2.43. The van der Waals surface area contributed by atoms with Gasteiger partial charge in [-0.3, -0.25) is 14.5 Å². The number of nitrogens with zero attached hydrogens (tertiary/aromatic N) is 3. The summed E-state index contributed by atoms with van der Waals surface area (Å²) in [6.45, 7) is 4.86. The molecule has 4 heterocycles. The van der Waals surface area contributed by atoms with E-state index in [0.29, 0.717) is 52.9 Å². The summed E-state index contributed by atoms with van der Waals surface area (Å²) in [5.41, 5.74) is 2.83. The van der Waals surface area contributed by atoms with Gasteiger partial charge in [0.25, 0.3) is 0 Å². The SMILES string of the molecule is CCC(=O)N1CCCC(C(=O)Nc2sc3nccc4c3c2NC(=O)N4c2ccc(Oc3ccccc3)cc2C)C1. The van der Waals surface area contributed by atoms with Crippen molar-refractivity contribution in [2.75, 3.05) is 28.6 Å². The van der Waals surface area contributed by atoms with Gasteiger partial charge in [0.05, 0.1) is 28.4 Å².